The molecule has 0 aromatic carbocycles. The summed E-state index contributed by atoms with van der Waals surface area (Å²) in [5.74, 6) is -0.330. The molecule has 2 heterocycles. The van der Waals surface area contributed by atoms with E-state index in [0.717, 1.165) is 35.7 Å². The summed E-state index contributed by atoms with van der Waals surface area (Å²) in [5.41, 5.74) is 1.93. The van der Waals surface area contributed by atoms with Crippen LogP contribution in [-0.2, 0) is 22.5 Å². The number of hydrogen-bond acceptors (Lipinski definition) is 5. The van der Waals surface area contributed by atoms with Crippen molar-refractivity contribution in [3.8, 4) is 10.6 Å². The Hall–Kier alpha value is -1.69. The van der Waals surface area contributed by atoms with E-state index in [1.807, 2.05) is 24.0 Å². The number of hydrogen-bond donors (Lipinski definition) is 0. The van der Waals surface area contributed by atoms with Crippen LogP contribution in [0.2, 0.25) is 0 Å². The fraction of sp³-hybridized carbons (Fsp3) is 0.500. The third kappa shape index (κ3) is 2.24. The second-order valence-electron chi connectivity index (χ2n) is 4.76. The number of fused-ring (bicyclic) bond motifs is 1. The van der Waals surface area contributed by atoms with E-state index in [9.17, 15) is 4.79 Å². The Kier molecular flexibility index (Phi) is 3.56. The second-order valence-corrected chi connectivity index (χ2v) is 5.84. The first-order valence-electron chi connectivity index (χ1n) is 6.92. The van der Waals surface area contributed by atoms with Gasteiger partial charge in [-0.25, -0.2) is 4.98 Å². The van der Waals surface area contributed by atoms with Gasteiger partial charge in [0.1, 0.15) is 10.9 Å². The highest BCUT2D eigenvalue weighted by molar-refractivity contribution is 7.15. The molecule has 6 heteroatoms. The Morgan fingerprint density at radius 1 is 1.55 bits per heavy atom. The van der Waals surface area contributed by atoms with Crippen molar-refractivity contribution in [1.29, 1.82) is 0 Å². The maximum Gasteiger partial charge on any atom is 0.315 e. The van der Waals surface area contributed by atoms with Crippen molar-refractivity contribution in [1.82, 2.24) is 14.8 Å². The molecule has 106 valence electrons. The molecule has 0 spiro atoms. The van der Waals surface area contributed by atoms with Gasteiger partial charge in [0.05, 0.1) is 18.5 Å². The zero-order valence-corrected chi connectivity index (χ0v) is 12.4. The molecule has 1 aliphatic rings. The van der Waals surface area contributed by atoms with Gasteiger partial charge in [-0.15, -0.1) is 11.3 Å². The third-order valence-electron chi connectivity index (χ3n) is 3.49. The maximum absolute atomic E-state index is 11.9. The van der Waals surface area contributed by atoms with Gasteiger partial charge in [0.15, 0.2) is 0 Å². The molecule has 0 N–H and O–H groups in total. The normalized spacial score (nSPS) is 17.2. The Balaban J connectivity index is 1.88. The van der Waals surface area contributed by atoms with Gasteiger partial charge in [-0.2, -0.15) is 5.10 Å². The van der Waals surface area contributed by atoms with E-state index in [2.05, 4.69) is 17.0 Å². The zero-order valence-electron chi connectivity index (χ0n) is 11.6. The lowest BCUT2D eigenvalue weighted by molar-refractivity contribution is -0.145. The quantitative estimate of drug-likeness (QED) is 0.813. The number of nitrogens with zero attached hydrogens (tertiary/aromatic N) is 3. The Morgan fingerprint density at radius 2 is 2.40 bits per heavy atom. The monoisotopic (exact) mass is 291 g/mol. The summed E-state index contributed by atoms with van der Waals surface area (Å²) >= 11 is 1.67. The first kappa shape index (κ1) is 13.3. The number of carbonyl (C=O) groups excluding carboxylic acids is 1. The van der Waals surface area contributed by atoms with E-state index in [-0.39, 0.29) is 11.9 Å². The molecule has 0 aliphatic heterocycles. The van der Waals surface area contributed by atoms with Crippen molar-refractivity contribution in [3.63, 3.8) is 0 Å². The van der Waals surface area contributed by atoms with Crippen LogP contribution in [0.4, 0.5) is 0 Å². The highest BCUT2D eigenvalue weighted by Crippen LogP contribution is 2.40. The summed E-state index contributed by atoms with van der Waals surface area (Å²) in [4.78, 5) is 17.8. The van der Waals surface area contributed by atoms with Crippen LogP contribution in [0.25, 0.3) is 10.6 Å². The highest BCUT2D eigenvalue weighted by atomic mass is 32.1. The number of thiazole rings is 1. The maximum atomic E-state index is 11.9. The predicted octanol–water partition coefficient (Wildman–Crippen LogP) is 2.62. The lowest BCUT2D eigenvalue weighted by atomic mass is 10.1. The van der Waals surface area contributed by atoms with Crippen LogP contribution in [0.1, 0.15) is 36.8 Å². The molecule has 5 nitrogen and oxygen atoms in total. The number of aromatic nitrogens is 3. The van der Waals surface area contributed by atoms with Gasteiger partial charge in [0.2, 0.25) is 0 Å². The van der Waals surface area contributed by atoms with Crippen molar-refractivity contribution in [2.24, 2.45) is 0 Å². The van der Waals surface area contributed by atoms with E-state index in [1.54, 1.807) is 11.3 Å². The molecule has 1 atom stereocenters. The molecule has 2 aromatic heterocycles. The molecule has 0 amide bonds. The summed E-state index contributed by atoms with van der Waals surface area (Å²) in [6.45, 7) is 5.15. The predicted molar refractivity (Wildman–Crippen MR) is 76.7 cm³/mol. The number of aryl methyl sites for hydroxylation is 2. The van der Waals surface area contributed by atoms with Crippen molar-refractivity contribution < 1.29 is 9.53 Å². The SMILES string of the molecule is CCOC(=O)C1CCc2sc(-c3cnn(CC)c3)nc21. The average Bonchev–Trinajstić information content (AvgIpc) is 3.12. The van der Waals surface area contributed by atoms with Crippen LogP contribution in [0.3, 0.4) is 0 Å². The Labute approximate surface area is 121 Å². The van der Waals surface area contributed by atoms with Crippen LogP contribution < -0.4 is 0 Å². The number of ether oxygens (including phenoxy) is 1. The van der Waals surface area contributed by atoms with Crippen molar-refractivity contribution in [2.45, 2.75) is 39.2 Å². The molecule has 0 fully saturated rings. The molecule has 0 saturated carbocycles. The minimum atomic E-state index is -0.184. The van der Waals surface area contributed by atoms with Gasteiger partial charge < -0.3 is 4.74 Å². The van der Waals surface area contributed by atoms with Crippen LogP contribution in [0.15, 0.2) is 12.4 Å². The van der Waals surface area contributed by atoms with E-state index in [0.29, 0.717) is 6.61 Å². The summed E-state index contributed by atoms with van der Waals surface area (Å²) in [5, 5.41) is 5.22. The van der Waals surface area contributed by atoms with Gasteiger partial charge in [0.25, 0.3) is 0 Å². The zero-order chi connectivity index (χ0) is 14.1. The van der Waals surface area contributed by atoms with Gasteiger partial charge >= 0.3 is 5.97 Å². The van der Waals surface area contributed by atoms with Gasteiger partial charge in [0, 0.05) is 23.2 Å². The summed E-state index contributed by atoms with van der Waals surface area (Å²) in [7, 11) is 0. The molecular weight excluding hydrogens is 274 g/mol. The molecule has 0 radical (unpaired) electrons. The average molecular weight is 291 g/mol. The van der Waals surface area contributed by atoms with Crippen molar-refractivity contribution >= 4 is 17.3 Å². The first-order valence-corrected chi connectivity index (χ1v) is 7.73. The van der Waals surface area contributed by atoms with E-state index in [4.69, 9.17) is 4.74 Å². The lowest BCUT2D eigenvalue weighted by Gasteiger charge is -2.07. The molecule has 20 heavy (non-hydrogen) atoms. The molecule has 1 aliphatic carbocycles. The minimum Gasteiger partial charge on any atom is -0.465 e. The highest BCUT2D eigenvalue weighted by Gasteiger charge is 2.33. The standard InChI is InChI=1S/C14H17N3O2S/c1-3-17-8-9(7-15-17)13-16-12-10(14(18)19-4-2)5-6-11(12)20-13/h7-8,10H,3-6H2,1-2H3. The van der Waals surface area contributed by atoms with Crippen LogP contribution in [0, 0.1) is 0 Å². The van der Waals surface area contributed by atoms with Crippen LogP contribution >= 0.6 is 11.3 Å². The molecular formula is C14H17N3O2S. The fourth-order valence-corrected chi connectivity index (χ4v) is 3.58. The third-order valence-corrected chi connectivity index (χ3v) is 4.67. The van der Waals surface area contributed by atoms with Gasteiger partial charge in [-0.3, -0.25) is 9.48 Å². The molecule has 1 unspecified atom stereocenters. The van der Waals surface area contributed by atoms with Crippen molar-refractivity contribution in [2.75, 3.05) is 6.61 Å². The Bertz CT molecular complexity index is 632. The molecule has 3 rings (SSSR count). The van der Waals surface area contributed by atoms with Crippen LogP contribution in [-0.4, -0.2) is 27.3 Å². The summed E-state index contributed by atoms with van der Waals surface area (Å²) in [6, 6.07) is 0. The minimum absolute atomic E-state index is 0.146. The number of carbonyl (C=O) groups is 1. The lowest BCUT2D eigenvalue weighted by Crippen LogP contribution is -2.14. The van der Waals surface area contributed by atoms with Gasteiger partial charge in [-0.05, 0) is 26.7 Å². The first-order chi connectivity index (χ1) is 9.72. The van der Waals surface area contributed by atoms with E-state index in [1.165, 1.54) is 4.88 Å². The van der Waals surface area contributed by atoms with Gasteiger partial charge in [-0.1, -0.05) is 0 Å². The molecule has 0 bridgehead atoms. The fourth-order valence-electron chi connectivity index (χ4n) is 2.47. The summed E-state index contributed by atoms with van der Waals surface area (Å²) < 4.78 is 7.01. The number of rotatable bonds is 4. The van der Waals surface area contributed by atoms with E-state index < -0.39 is 0 Å². The van der Waals surface area contributed by atoms with E-state index >= 15 is 0 Å². The van der Waals surface area contributed by atoms with Crippen LogP contribution in [0.5, 0.6) is 0 Å². The smallest absolute Gasteiger partial charge is 0.315 e. The molecule has 2 aromatic rings. The topological polar surface area (TPSA) is 57.0 Å². The summed E-state index contributed by atoms with van der Waals surface area (Å²) in [6.07, 6.45) is 5.56. The largest absolute Gasteiger partial charge is 0.465 e. The second kappa shape index (κ2) is 5.36. The molecule has 0 saturated heterocycles. The number of esters is 1. The van der Waals surface area contributed by atoms with Crippen molar-refractivity contribution in [3.05, 3.63) is 23.0 Å². The Morgan fingerprint density at radius 3 is 3.10 bits per heavy atom.